The zero-order valence-corrected chi connectivity index (χ0v) is 15.9. The first-order valence-electron chi connectivity index (χ1n) is 8.79. The lowest BCUT2D eigenvalue weighted by atomic mass is 9.91. The highest BCUT2D eigenvalue weighted by Gasteiger charge is 2.34. The first-order valence-corrected chi connectivity index (χ1v) is 8.79. The van der Waals surface area contributed by atoms with Gasteiger partial charge in [-0.2, -0.15) is 10.2 Å². The summed E-state index contributed by atoms with van der Waals surface area (Å²) in [4.78, 5) is 23.2. The number of hydrogen-bond donors (Lipinski definition) is 3. The Labute approximate surface area is 160 Å². The molecule has 0 aromatic carbocycles. The van der Waals surface area contributed by atoms with Crippen molar-refractivity contribution >= 4 is 17.8 Å². The first kappa shape index (κ1) is 19.8. The molecule has 10 nitrogen and oxygen atoms in total. The van der Waals surface area contributed by atoms with Gasteiger partial charge in [-0.05, 0) is 32.6 Å². The van der Waals surface area contributed by atoms with Crippen molar-refractivity contribution in [1.29, 1.82) is 0 Å². The average Bonchev–Trinajstić information content (AvgIpc) is 3.27. The van der Waals surface area contributed by atoms with E-state index in [0.29, 0.717) is 25.1 Å². The number of anilines is 1. The van der Waals surface area contributed by atoms with Gasteiger partial charge >= 0.3 is 6.09 Å². The summed E-state index contributed by atoms with van der Waals surface area (Å²) >= 11 is 0. The second-order valence-electron chi connectivity index (χ2n) is 7.44. The Morgan fingerprint density at radius 3 is 2.93 bits per heavy atom. The highest BCUT2D eigenvalue weighted by molar-refractivity contribution is 6.02. The summed E-state index contributed by atoms with van der Waals surface area (Å²) in [6.07, 6.45) is 1.22. The van der Waals surface area contributed by atoms with Crippen LogP contribution in [-0.4, -0.2) is 44.2 Å². The average molecular weight is 394 g/mol. The van der Waals surface area contributed by atoms with E-state index >= 15 is 0 Å². The van der Waals surface area contributed by atoms with Gasteiger partial charge in [-0.15, -0.1) is 0 Å². The molecular weight excluding hydrogens is 371 g/mol. The number of aromatic amines is 1. The van der Waals surface area contributed by atoms with Crippen molar-refractivity contribution < 1.29 is 23.5 Å². The van der Waals surface area contributed by atoms with Crippen LogP contribution in [0.15, 0.2) is 12.3 Å². The summed E-state index contributed by atoms with van der Waals surface area (Å²) in [7, 11) is 1.48. The van der Waals surface area contributed by atoms with Crippen molar-refractivity contribution in [3.63, 3.8) is 0 Å². The number of nitrogens with two attached hydrogens (primary N) is 1. The molecule has 3 heterocycles. The van der Waals surface area contributed by atoms with Crippen molar-refractivity contribution in [2.45, 2.75) is 38.4 Å². The molecule has 4 N–H and O–H groups in total. The van der Waals surface area contributed by atoms with E-state index < -0.39 is 23.4 Å². The van der Waals surface area contributed by atoms with E-state index in [-0.39, 0.29) is 23.5 Å². The third-order valence-electron chi connectivity index (χ3n) is 4.53. The van der Waals surface area contributed by atoms with E-state index in [4.69, 9.17) is 15.2 Å². The van der Waals surface area contributed by atoms with Gasteiger partial charge in [0, 0.05) is 13.1 Å². The molecule has 1 aliphatic heterocycles. The minimum atomic E-state index is -0.806. The quantitative estimate of drug-likeness (QED) is 0.684. The third-order valence-corrected chi connectivity index (χ3v) is 4.53. The zero-order chi connectivity index (χ0) is 20.5. The van der Waals surface area contributed by atoms with E-state index in [1.807, 2.05) is 0 Å². The number of aromatic nitrogens is 4. The van der Waals surface area contributed by atoms with Crippen molar-refractivity contribution in [2.75, 3.05) is 11.9 Å². The van der Waals surface area contributed by atoms with E-state index in [1.165, 1.54) is 7.05 Å². The summed E-state index contributed by atoms with van der Waals surface area (Å²) in [5, 5.41) is 13.1. The Bertz CT molecular complexity index is 857. The smallest absolute Gasteiger partial charge is 0.405 e. The lowest BCUT2D eigenvalue weighted by Crippen LogP contribution is -2.33. The molecule has 1 saturated heterocycles. The van der Waals surface area contributed by atoms with Gasteiger partial charge in [-0.1, -0.05) is 0 Å². The van der Waals surface area contributed by atoms with E-state index in [9.17, 15) is 14.0 Å². The Balaban J connectivity index is 1.59. The van der Waals surface area contributed by atoms with Gasteiger partial charge in [0.2, 0.25) is 0 Å². The molecule has 2 aromatic rings. The van der Waals surface area contributed by atoms with E-state index in [1.54, 1.807) is 19.9 Å². The Kier molecular flexibility index (Phi) is 5.36. The number of ether oxygens (including phenoxy) is 2. The number of halogens is 1. The van der Waals surface area contributed by atoms with E-state index in [2.05, 4.69) is 20.6 Å². The third kappa shape index (κ3) is 4.47. The predicted octanol–water partition coefficient (Wildman–Crippen LogP) is 1.88. The number of nitrogens with one attached hydrogen (secondary N) is 2. The maximum atomic E-state index is 13.6. The van der Waals surface area contributed by atoms with Crippen LogP contribution in [0.3, 0.4) is 0 Å². The largest absolute Gasteiger partial charge is 0.444 e. The number of amides is 2. The van der Waals surface area contributed by atoms with Gasteiger partial charge in [0.25, 0.3) is 5.91 Å². The van der Waals surface area contributed by atoms with Crippen LogP contribution < -0.4 is 11.1 Å². The molecule has 152 valence electrons. The maximum Gasteiger partial charge on any atom is 0.405 e. The van der Waals surface area contributed by atoms with Crippen LogP contribution in [0.4, 0.5) is 15.0 Å². The zero-order valence-electron chi connectivity index (χ0n) is 15.9. The second kappa shape index (κ2) is 7.58. The first-order chi connectivity index (χ1) is 13.1. The molecule has 1 fully saturated rings. The van der Waals surface area contributed by atoms with Crippen LogP contribution in [0.1, 0.15) is 49.0 Å². The standard InChI is InChI=1S/C17H23FN6O4/c1-17(2,28-16(19)26)6-9-4-12(27-8-9)11-5-13(23-22-11)21-15(25)14-10(18)7-20-24(14)3/h5,7,9,12H,4,6,8H2,1-3H3,(H2,19,26)(H2,21,22,23,25)/t9-,12+/m1/s1. The fourth-order valence-corrected chi connectivity index (χ4v) is 3.47. The monoisotopic (exact) mass is 394 g/mol. The number of aryl methyl sites for hydroxylation is 1. The normalized spacial score (nSPS) is 19.6. The van der Waals surface area contributed by atoms with Crippen molar-refractivity contribution in [3.05, 3.63) is 29.5 Å². The van der Waals surface area contributed by atoms with Crippen LogP contribution in [-0.2, 0) is 16.5 Å². The number of primary amides is 1. The number of nitrogens with zero attached hydrogens (tertiary/aromatic N) is 3. The summed E-state index contributed by atoms with van der Waals surface area (Å²) in [5.41, 5.74) is 4.92. The second-order valence-corrected chi connectivity index (χ2v) is 7.44. The number of rotatable bonds is 6. The molecule has 28 heavy (non-hydrogen) atoms. The van der Waals surface area contributed by atoms with Gasteiger partial charge < -0.3 is 20.5 Å². The molecule has 0 bridgehead atoms. The molecule has 0 saturated carbocycles. The molecule has 2 atom stereocenters. The van der Waals surface area contributed by atoms with Crippen LogP contribution >= 0.6 is 0 Å². The number of carbonyl (C=O) groups is 2. The molecular formula is C17H23FN6O4. The van der Waals surface area contributed by atoms with Crippen molar-refractivity contribution in [1.82, 2.24) is 20.0 Å². The fraction of sp³-hybridized carbons (Fsp3) is 0.529. The van der Waals surface area contributed by atoms with Crippen LogP contribution in [0.25, 0.3) is 0 Å². The minimum Gasteiger partial charge on any atom is -0.444 e. The van der Waals surface area contributed by atoms with Gasteiger partial charge in [0.15, 0.2) is 17.3 Å². The molecule has 0 aliphatic carbocycles. The van der Waals surface area contributed by atoms with Gasteiger partial charge in [-0.3, -0.25) is 14.6 Å². The Morgan fingerprint density at radius 2 is 2.29 bits per heavy atom. The lowest BCUT2D eigenvalue weighted by Gasteiger charge is -2.26. The Morgan fingerprint density at radius 1 is 1.54 bits per heavy atom. The summed E-state index contributed by atoms with van der Waals surface area (Å²) < 4.78 is 25.7. The predicted molar refractivity (Wildman–Crippen MR) is 95.9 cm³/mol. The highest BCUT2D eigenvalue weighted by atomic mass is 19.1. The van der Waals surface area contributed by atoms with Crippen LogP contribution in [0.2, 0.25) is 0 Å². The number of carbonyl (C=O) groups excluding carboxylic acids is 2. The van der Waals surface area contributed by atoms with Crippen molar-refractivity contribution in [3.8, 4) is 0 Å². The molecule has 1 aliphatic rings. The van der Waals surface area contributed by atoms with Crippen LogP contribution in [0.5, 0.6) is 0 Å². The molecule has 0 spiro atoms. The van der Waals surface area contributed by atoms with Gasteiger partial charge in [-0.25, -0.2) is 9.18 Å². The summed E-state index contributed by atoms with van der Waals surface area (Å²) in [6, 6.07) is 1.64. The summed E-state index contributed by atoms with van der Waals surface area (Å²) in [5.74, 6) is -0.932. The molecule has 3 rings (SSSR count). The topological polar surface area (TPSA) is 137 Å². The highest BCUT2D eigenvalue weighted by Crippen LogP contribution is 2.36. The van der Waals surface area contributed by atoms with Gasteiger partial charge in [0.1, 0.15) is 5.60 Å². The molecule has 11 heteroatoms. The molecule has 2 aromatic heterocycles. The molecule has 2 amide bonds. The molecule has 0 radical (unpaired) electrons. The van der Waals surface area contributed by atoms with Crippen LogP contribution in [0, 0.1) is 11.7 Å². The fourth-order valence-electron chi connectivity index (χ4n) is 3.47. The van der Waals surface area contributed by atoms with E-state index in [0.717, 1.165) is 10.9 Å². The van der Waals surface area contributed by atoms with Crippen molar-refractivity contribution in [2.24, 2.45) is 18.7 Å². The lowest BCUT2D eigenvalue weighted by molar-refractivity contribution is 0.0240. The summed E-state index contributed by atoms with van der Waals surface area (Å²) in [6.45, 7) is 4.09. The Hall–Kier alpha value is -2.95. The SMILES string of the molecule is Cn1ncc(F)c1C(=O)Nc1cc([C@@H]2C[C@H](CC(C)(C)OC(N)=O)CO2)[nH]n1. The van der Waals surface area contributed by atoms with Gasteiger partial charge in [0.05, 0.1) is 24.6 Å². The maximum absolute atomic E-state index is 13.6. The minimum absolute atomic E-state index is 0.171. The molecule has 0 unspecified atom stereocenters. The number of H-pyrrole nitrogens is 1. The number of hydrogen-bond acceptors (Lipinski definition) is 6.